The van der Waals surface area contributed by atoms with Crippen LogP contribution in [0.25, 0.3) is 11.3 Å². The summed E-state index contributed by atoms with van der Waals surface area (Å²) in [5.74, 6) is -0.141. The molecule has 0 spiro atoms. The molecule has 0 bridgehead atoms. The zero-order chi connectivity index (χ0) is 29.5. The maximum atomic E-state index is 13.9. The van der Waals surface area contributed by atoms with E-state index in [-0.39, 0.29) is 29.1 Å². The molecule has 0 aliphatic heterocycles. The van der Waals surface area contributed by atoms with Crippen molar-refractivity contribution in [2.45, 2.75) is 6.61 Å². The fourth-order valence-electron chi connectivity index (χ4n) is 3.86. The Hall–Kier alpha value is -4.44. The number of anilines is 2. The van der Waals surface area contributed by atoms with E-state index in [0.717, 1.165) is 22.1 Å². The van der Waals surface area contributed by atoms with Crippen molar-refractivity contribution in [1.82, 2.24) is 10.4 Å². The van der Waals surface area contributed by atoms with E-state index in [1.54, 1.807) is 54.6 Å². The largest absolute Gasteiger partial charge is 0.493 e. The average molecular weight is 622 g/mol. The number of carbonyl (C=O) groups excluding carboxylic acids is 1. The number of ether oxygens (including phenoxy) is 2. The topological polar surface area (TPSA) is 84.8 Å². The van der Waals surface area contributed by atoms with Crippen LogP contribution in [0.1, 0.15) is 21.5 Å². The van der Waals surface area contributed by atoms with Gasteiger partial charge in [0.15, 0.2) is 16.6 Å². The number of rotatable bonds is 10. The molecule has 0 radical (unpaired) electrons. The summed E-state index contributed by atoms with van der Waals surface area (Å²) in [7, 11) is 1.47. The second-order valence-corrected chi connectivity index (χ2v) is 10.6. The lowest BCUT2D eigenvalue weighted by atomic mass is 10.1. The summed E-state index contributed by atoms with van der Waals surface area (Å²) in [5.41, 5.74) is 6.43. The van der Waals surface area contributed by atoms with Crippen molar-refractivity contribution in [3.63, 3.8) is 0 Å². The van der Waals surface area contributed by atoms with Gasteiger partial charge in [0.2, 0.25) is 0 Å². The van der Waals surface area contributed by atoms with Crippen LogP contribution in [0.5, 0.6) is 11.5 Å². The van der Waals surface area contributed by atoms with Gasteiger partial charge in [-0.3, -0.25) is 4.79 Å². The molecule has 0 saturated heterocycles. The molecule has 0 fully saturated rings. The zero-order valence-corrected chi connectivity index (χ0v) is 24.4. The Morgan fingerprint density at radius 1 is 1.05 bits per heavy atom. The Morgan fingerprint density at radius 2 is 1.81 bits per heavy atom. The van der Waals surface area contributed by atoms with Gasteiger partial charge < -0.3 is 14.8 Å². The van der Waals surface area contributed by atoms with Gasteiger partial charge in [-0.05, 0) is 60.2 Å². The van der Waals surface area contributed by atoms with Gasteiger partial charge in [-0.25, -0.2) is 14.8 Å². The second kappa shape index (κ2) is 13.5. The number of thiazole rings is 1. The molecule has 1 amide bonds. The lowest BCUT2D eigenvalue weighted by molar-refractivity contribution is 0.0955. The van der Waals surface area contributed by atoms with Crippen molar-refractivity contribution in [3.05, 3.63) is 123 Å². The first-order chi connectivity index (χ1) is 20.4. The van der Waals surface area contributed by atoms with E-state index in [2.05, 4.69) is 20.8 Å². The first-order valence-corrected chi connectivity index (χ1v) is 14.2. The first-order valence-electron chi connectivity index (χ1n) is 12.6. The van der Waals surface area contributed by atoms with E-state index < -0.39 is 0 Å². The number of hydrazone groups is 1. The van der Waals surface area contributed by atoms with E-state index in [4.69, 9.17) is 32.7 Å². The predicted molar refractivity (Wildman–Crippen MR) is 166 cm³/mol. The molecule has 0 saturated carbocycles. The standard InChI is InChI=1S/C31H23Cl2FN4O3S/c1-40-28-15-19(14-25(33)29(28)41-17-22-4-2-3-5-26(22)34)16-35-38-30(39)21-8-6-20(7-9-21)27-18-42-31(37-27)36-24-12-10-23(32)11-13-24/h2-16,18H,17H2,1H3,(H,36,37)(H,38,39)/b35-16-. The molecule has 0 aliphatic carbocycles. The average Bonchev–Trinajstić information content (AvgIpc) is 3.47. The van der Waals surface area contributed by atoms with Gasteiger partial charge >= 0.3 is 0 Å². The highest BCUT2D eigenvalue weighted by atomic mass is 35.5. The summed E-state index contributed by atoms with van der Waals surface area (Å²) in [4.78, 5) is 17.3. The molecule has 0 atom stereocenters. The fourth-order valence-corrected chi connectivity index (χ4v) is 5.00. The molecule has 11 heteroatoms. The van der Waals surface area contributed by atoms with E-state index in [1.165, 1.54) is 30.7 Å². The molecule has 5 aromatic rings. The third kappa shape index (κ3) is 7.25. The van der Waals surface area contributed by atoms with Crippen LogP contribution >= 0.6 is 34.5 Å². The minimum atomic E-state index is -0.385. The number of hydrogen-bond acceptors (Lipinski definition) is 7. The number of carbonyl (C=O) groups is 1. The summed E-state index contributed by atoms with van der Waals surface area (Å²) >= 11 is 13.8. The number of nitrogens with one attached hydrogen (secondary N) is 2. The van der Waals surface area contributed by atoms with Crippen LogP contribution in [0, 0.1) is 5.82 Å². The minimum Gasteiger partial charge on any atom is -0.493 e. The Bertz CT molecular complexity index is 1730. The highest BCUT2D eigenvalue weighted by Crippen LogP contribution is 2.37. The van der Waals surface area contributed by atoms with Crippen LogP contribution in [0.15, 0.2) is 95.4 Å². The molecule has 0 unspecified atom stereocenters. The van der Waals surface area contributed by atoms with Crippen molar-refractivity contribution in [2.24, 2.45) is 5.10 Å². The van der Waals surface area contributed by atoms with Crippen molar-refractivity contribution in [1.29, 1.82) is 0 Å². The third-order valence-corrected chi connectivity index (χ3v) is 7.29. The number of hydrogen-bond donors (Lipinski definition) is 2. The molecule has 212 valence electrons. The number of halogens is 3. The van der Waals surface area contributed by atoms with E-state index in [0.29, 0.717) is 27.5 Å². The maximum absolute atomic E-state index is 13.9. The van der Waals surface area contributed by atoms with Crippen molar-refractivity contribution in [3.8, 4) is 22.8 Å². The summed E-state index contributed by atoms with van der Waals surface area (Å²) in [6.07, 6.45) is 1.44. The van der Waals surface area contributed by atoms with Gasteiger partial charge in [-0.1, -0.05) is 53.5 Å². The quantitative estimate of drug-likeness (QED) is 0.121. The van der Waals surface area contributed by atoms with Gasteiger partial charge in [-0.2, -0.15) is 5.10 Å². The number of methoxy groups -OCH3 is 1. The van der Waals surface area contributed by atoms with Crippen LogP contribution in [0.4, 0.5) is 15.2 Å². The van der Waals surface area contributed by atoms with Crippen molar-refractivity contribution < 1.29 is 18.7 Å². The highest BCUT2D eigenvalue weighted by Gasteiger charge is 2.13. The van der Waals surface area contributed by atoms with Gasteiger partial charge in [0.05, 0.1) is 24.0 Å². The molecule has 5 rings (SSSR count). The lowest BCUT2D eigenvalue weighted by Gasteiger charge is -2.13. The monoisotopic (exact) mass is 620 g/mol. The van der Waals surface area contributed by atoms with Crippen molar-refractivity contribution >= 4 is 57.5 Å². The molecule has 42 heavy (non-hydrogen) atoms. The normalized spacial score (nSPS) is 11.0. The lowest BCUT2D eigenvalue weighted by Crippen LogP contribution is -2.17. The molecule has 1 heterocycles. The summed E-state index contributed by atoms with van der Waals surface area (Å²) < 4.78 is 25.1. The van der Waals surface area contributed by atoms with Crippen LogP contribution in [-0.4, -0.2) is 24.2 Å². The fraction of sp³-hybridized carbons (Fsp3) is 0.0645. The van der Waals surface area contributed by atoms with Gasteiger partial charge in [0.25, 0.3) is 5.91 Å². The number of benzene rings is 4. The Kier molecular flexibility index (Phi) is 9.33. The Labute approximate surface area is 255 Å². The molecule has 1 aromatic heterocycles. The van der Waals surface area contributed by atoms with Crippen LogP contribution in [0.3, 0.4) is 0 Å². The molecular weight excluding hydrogens is 598 g/mol. The number of nitrogens with zero attached hydrogens (tertiary/aromatic N) is 2. The summed E-state index contributed by atoms with van der Waals surface area (Å²) in [6.45, 7) is -0.0189. The highest BCUT2D eigenvalue weighted by molar-refractivity contribution is 7.14. The Balaban J connectivity index is 1.19. The number of amides is 1. The summed E-state index contributed by atoms with van der Waals surface area (Å²) in [5, 5.41) is 10.9. The van der Waals surface area contributed by atoms with Gasteiger partial charge in [0, 0.05) is 32.8 Å². The molecular formula is C31H23Cl2FN4O3S. The number of aromatic nitrogens is 1. The SMILES string of the molecule is COc1cc(/C=N\NC(=O)c2ccc(-c3csc(Nc4ccc(Cl)cc4)n3)cc2)cc(Cl)c1OCc1ccccc1F. The van der Waals surface area contributed by atoms with Crippen molar-refractivity contribution in [2.75, 3.05) is 12.4 Å². The van der Waals surface area contributed by atoms with Crippen LogP contribution < -0.4 is 20.2 Å². The summed E-state index contributed by atoms with van der Waals surface area (Å²) in [6, 6.07) is 24.0. The molecule has 2 N–H and O–H groups in total. The molecule has 0 aliphatic rings. The van der Waals surface area contributed by atoms with Crippen LogP contribution in [0.2, 0.25) is 10.0 Å². The second-order valence-electron chi connectivity index (χ2n) is 8.86. The first kappa shape index (κ1) is 29.1. The van der Waals surface area contributed by atoms with E-state index in [9.17, 15) is 9.18 Å². The van der Waals surface area contributed by atoms with E-state index in [1.807, 2.05) is 29.6 Å². The van der Waals surface area contributed by atoms with Crippen LogP contribution in [-0.2, 0) is 6.61 Å². The van der Waals surface area contributed by atoms with E-state index >= 15 is 0 Å². The third-order valence-electron chi connectivity index (χ3n) is 6.00. The predicted octanol–water partition coefficient (Wildman–Crippen LogP) is 8.35. The smallest absolute Gasteiger partial charge is 0.271 e. The van der Waals surface area contributed by atoms with Gasteiger partial charge in [-0.15, -0.1) is 11.3 Å². The molecule has 4 aromatic carbocycles. The van der Waals surface area contributed by atoms with Gasteiger partial charge in [0.1, 0.15) is 12.4 Å². The molecule has 7 nitrogen and oxygen atoms in total. The maximum Gasteiger partial charge on any atom is 0.271 e. The Morgan fingerprint density at radius 3 is 2.55 bits per heavy atom. The minimum absolute atomic E-state index is 0.0189. The zero-order valence-electron chi connectivity index (χ0n) is 22.1.